The van der Waals surface area contributed by atoms with E-state index in [4.69, 9.17) is 4.74 Å². The second-order valence-corrected chi connectivity index (χ2v) is 8.92. The average molecular weight is 470 g/mol. The molecule has 0 atom stereocenters. The van der Waals surface area contributed by atoms with Crippen LogP contribution in [0, 0.1) is 0 Å². The molecule has 0 bridgehead atoms. The highest BCUT2D eigenvalue weighted by atomic mass is 32.2. The number of nitrogens with one attached hydrogen (secondary N) is 1. The minimum atomic E-state index is -4.50. The molecule has 0 fully saturated rings. The Bertz CT molecular complexity index is 1160. The highest BCUT2D eigenvalue weighted by Crippen LogP contribution is 2.38. The van der Waals surface area contributed by atoms with Crippen LogP contribution in [0.3, 0.4) is 0 Å². The molecule has 0 spiro atoms. The number of hydrogen-bond acceptors (Lipinski definition) is 7. The lowest BCUT2D eigenvalue weighted by Crippen LogP contribution is -2.16. The summed E-state index contributed by atoms with van der Waals surface area (Å²) in [5.74, 6) is -1.01. The number of carbonyl (C=O) groups is 2. The second kappa shape index (κ2) is 8.50. The Morgan fingerprint density at radius 3 is 2.77 bits per heavy atom. The first-order chi connectivity index (χ1) is 14.8. The fourth-order valence-electron chi connectivity index (χ4n) is 3.40. The van der Waals surface area contributed by atoms with E-state index in [1.807, 2.05) is 0 Å². The zero-order valence-corrected chi connectivity index (χ0v) is 17.9. The molecule has 0 radical (unpaired) electrons. The maximum Gasteiger partial charge on any atom is 0.417 e. The number of amides is 1. The van der Waals surface area contributed by atoms with E-state index in [0.29, 0.717) is 10.6 Å². The summed E-state index contributed by atoms with van der Waals surface area (Å²) >= 11 is 2.32. The van der Waals surface area contributed by atoms with Crippen LogP contribution in [0.4, 0.5) is 18.2 Å². The quantitative estimate of drug-likeness (QED) is 0.444. The molecule has 0 unspecified atom stereocenters. The van der Waals surface area contributed by atoms with Crippen molar-refractivity contribution < 1.29 is 27.5 Å². The molecule has 3 heterocycles. The highest BCUT2D eigenvalue weighted by Gasteiger charge is 2.31. The summed E-state index contributed by atoms with van der Waals surface area (Å²) in [6.07, 6.45) is 0.00269. The first kappa shape index (κ1) is 21.6. The minimum absolute atomic E-state index is 0.111. The van der Waals surface area contributed by atoms with Crippen molar-refractivity contribution in [2.24, 2.45) is 0 Å². The summed E-state index contributed by atoms with van der Waals surface area (Å²) < 4.78 is 45.0. The smallest absolute Gasteiger partial charge is 0.417 e. The van der Waals surface area contributed by atoms with E-state index in [-0.39, 0.29) is 16.6 Å². The minimum Gasteiger partial charge on any atom is -0.465 e. The number of carbonyl (C=O) groups excluding carboxylic acids is 2. The van der Waals surface area contributed by atoms with Gasteiger partial charge in [-0.1, -0.05) is 11.8 Å². The number of alkyl halides is 3. The van der Waals surface area contributed by atoms with E-state index in [0.717, 1.165) is 60.1 Å². The summed E-state index contributed by atoms with van der Waals surface area (Å²) in [6.45, 7) is 0. The van der Waals surface area contributed by atoms with Crippen LogP contribution in [0.1, 0.15) is 39.2 Å². The van der Waals surface area contributed by atoms with Gasteiger partial charge in [-0.15, -0.1) is 21.5 Å². The van der Waals surface area contributed by atoms with Crippen molar-refractivity contribution in [3.63, 3.8) is 0 Å². The van der Waals surface area contributed by atoms with Crippen LogP contribution >= 0.6 is 23.1 Å². The van der Waals surface area contributed by atoms with Gasteiger partial charge in [0, 0.05) is 11.1 Å². The number of halogens is 3. The number of aromatic nitrogens is 3. The molecule has 1 N–H and O–H groups in total. The number of esters is 1. The SMILES string of the molecule is COC(=O)c1c(NC(=O)CSc2nnc3ccc(C(F)(F)F)cn23)sc2c1CCCC2. The molecule has 12 heteroatoms. The lowest BCUT2D eigenvalue weighted by molar-refractivity contribution is -0.137. The summed E-state index contributed by atoms with van der Waals surface area (Å²) in [5, 5.41) is 11.0. The Hall–Kier alpha value is -2.60. The standard InChI is InChI=1S/C19H17F3N4O3S2/c1-29-17(28)15-11-4-2-3-5-12(11)31-16(15)23-14(27)9-30-18-25-24-13-7-6-10(8-26(13)18)19(20,21)22/h6-8H,2-5,9H2,1H3,(H,23,27). The van der Waals surface area contributed by atoms with Gasteiger partial charge in [0.15, 0.2) is 10.8 Å². The van der Waals surface area contributed by atoms with Crippen LogP contribution in [-0.2, 0) is 28.5 Å². The number of methoxy groups -OCH3 is 1. The number of hydrogen-bond donors (Lipinski definition) is 1. The third-order valence-corrected chi connectivity index (χ3v) is 6.99. The predicted octanol–water partition coefficient (Wildman–Crippen LogP) is 4.21. The van der Waals surface area contributed by atoms with Crippen LogP contribution in [0.5, 0.6) is 0 Å². The highest BCUT2D eigenvalue weighted by molar-refractivity contribution is 7.99. The Labute approximate surface area is 183 Å². The Kier molecular flexibility index (Phi) is 5.93. The van der Waals surface area contributed by atoms with Crippen molar-refractivity contribution >= 4 is 45.6 Å². The van der Waals surface area contributed by atoms with Gasteiger partial charge in [0.25, 0.3) is 0 Å². The van der Waals surface area contributed by atoms with Gasteiger partial charge >= 0.3 is 12.1 Å². The van der Waals surface area contributed by atoms with Crippen molar-refractivity contribution in [1.82, 2.24) is 14.6 Å². The van der Waals surface area contributed by atoms with Crippen LogP contribution in [0.15, 0.2) is 23.5 Å². The van der Waals surface area contributed by atoms with Gasteiger partial charge in [0.2, 0.25) is 5.91 Å². The van der Waals surface area contributed by atoms with E-state index < -0.39 is 23.6 Å². The summed E-state index contributed by atoms with van der Waals surface area (Å²) in [6, 6.07) is 2.15. The number of anilines is 1. The number of aryl methyl sites for hydroxylation is 1. The lowest BCUT2D eigenvalue weighted by Gasteiger charge is -2.11. The summed E-state index contributed by atoms with van der Waals surface area (Å²) in [4.78, 5) is 25.9. The van der Waals surface area contributed by atoms with E-state index in [2.05, 4.69) is 15.5 Å². The average Bonchev–Trinajstić information content (AvgIpc) is 3.31. The maximum atomic E-state index is 13.0. The van der Waals surface area contributed by atoms with E-state index in [1.165, 1.54) is 28.9 Å². The number of nitrogens with zero attached hydrogens (tertiary/aromatic N) is 3. The maximum absolute atomic E-state index is 13.0. The predicted molar refractivity (Wildman–Crippen MR) is 110 cm³/mol. The third-order valence-electron chi connectivity index (χ3n) is 4.84. The summed E-state index contributed by atoms with van der Waals surface area (Å²) in [7, 11) is 1.29. The van der Waals surface area contributed by atoms with Crippen molar-refractivity contribution in [2.45, 2.75) is 37.0 Å². The number of thioether (sulfide) groups is 1. The van der Waals surface area contributed by atoms with Gasteiger partial charge in [-0.3, -0.25) is 9.20 Å². The Balaban J connectivity index is 1.50. The van der Waals surface area contributed by atoms with Gasteiger partial charge in [0.1, 0.15) is 5.00 Å². The molecule has 1 aliphatic carbocycles. The third kappa shape index (κ3) is 4.40. The molecule has 0 saturated heterocycles. The van der Waals surface area contributed by atoms with Gasteiger partial charge in [-0.25, -0.2) is 4.79 Å². The van der Waals surface area contributed by atoms with Crippen molar-refractivity contribution in [1.29, 1.82) is 0 Å². The normalized spacial score (nSPS) is 13.8. The molecule has 1 amide bonds. The number of ether oxygens (including phenoxy) is 1. The molecule has 0 aromatic carbocycles. The molecule has 0 saturated carbocycles. The van der Waals surface area contributed by atoms with E-state index in [1.54, 1.807) is 0 Å². The molecule has 3 aromatic heterocycles. The number of fused-ring (bicyclic) bond motifs is 2. The Morgan fingerprint density at radius 1 is 1.26 bits per heavy atom. The van der Waals surface area contributed by atoms with Crippen LogP contribution < -0.4 is 5.32 Å². The van der Waals surface area contributed by atoms with Crippen molar-refractivity contribution in [3.05, 3.63) is 39.9 Å². The van der Waals surface area contributed by atoms with Crippen molar-refractivity contribution in [2.75, 3.05) is 18.2 Å². The molecule has 0 aliphatic heterocycles. The van der Waals surface area contributed by atoms with Crippen LogP contribution in [0.2, 0.25) is 0 Å². The zero-order chi connectivity index (χ0) is 22.2. The topological polar surface area (TPSA) is 85.6 Å². The van der Waals surface area contributed by atoms with Crippen molar-refractivity contribution in [3.8, 4) is 0 Å². The van der Waals surface area contributed by atoms with Gasteiger partial charge in [0.05, 0.1) is 24.0 Å². The van der Waals surface area contributed by atoms with Gasteiger partial charge in [-0.05, 0) is 43.4 Å². The lowest BCUT2D eigenvalue weighted by atomic mass is 9.95. The molecule has 4 rings (SSSR count). The summed E-state index contributed by atoms with van der Waals surface area (Å²) in [5.41, 5.74) is 0.727. The molecular weight excluding hydrogens is 453 g/mol. The first-order valence-corrected chi connectivity index (χ1v) is 11.2. The van der Waals surface area contributed by atoms with Crippen LogP contribution in [0.25, 0.3) is 5.65 Å². The number of pyridine rings is 1. The zero-order valence-electron chi connectivity index (χ0n) is 16.3. The molecule has 3 aromatic rings. The molecule has 1 aliphatic rings. The monoisotopic (exact) mass is 470 g/mol. The van der Waals surface area contributed by atoms with Gasteiger partial charge < -0.3 is 10.1 Å². The number of thiophene rings is 1. The molecule has 164 valence electrons. The molecule has 31 heavy (non-hydrogen) atoms. The molecular formula is C19H17F3N4O3S2. The van der Waals surface area contributed by atoms with E-state index >= 15 is 0 Å². The fourth-order valence-corrected chi connectivity index (χ4v) is 5.41. The van der Waals surface area contributed by atoms with E-state index in [9.17, 15) is 22.8 Å². The van der Waals surface area contributed by atoms with Crippen LogP contribution in [-0.4, -0.2) is 39.3 Å². The number of rotatable bonds is 5. The van der Waals surface area contributed by atoms with Gasteiger partial charge in [-0.2, -0.15) is 13.2 Å². The second-order valence-electron chi connectivity index (χ2n) is 6.87. The largest absolute Gasteiger partial charge is 0.465 e. The first-order valence-electron chi connectivity index (χ1n) is 9.35. The Morgan fingerprint density at radius 2 is 2.03 bits per heavy atom. The fraction of sp³-hybridized carbons (Fsp3) is 0.368. The molecule has 7 nitrogen and oxygen atoms in total.